The van der Waals surface area contributed by atoms with Crippen LogP contribution < -0.4 is 5.32 Å². The van der Waals surface area contributed by atoms with Gasteiger partial charge in [0.15, 0.2) is 0 Å². The average molecular weight is 137 g/mol. The van der Waals surface area contributed by atoms with Gasteiger partial charge in [0.1, 0.15) is 0 Å². The predicted octanol–water partition coefficient (Wildman–Crippen LogP) is 1.89. The van der Waals surface area contributed by atoms with Gasteiger partial charge in [-0.05, 0) is 19.5 Å². The van der Waals surface area contributed by atoms with Gasteiger partial charge in [0.05, 0.1) is 0 Å². The van der Waals surface area contributed by atoms with Crippen LogP contribution in [0.3, 0.4) is 0 Å². The molecule has 0 rings (SSSR count). The van der Waals surface area contributed by atoms with E-state index >= 15 is 0 Å². The molecule has 0 radical (unpaired) electrons. The van der Waals surface area contributed by atoms with Crippen LogP contribution in [0.1, 0.15) is 6.92 Å². The van der Waals surface area contributed by atoms with Crippen molar-refractivity contribution in [1.82, 2.24) is 5.32 Å². The Bertz CT molecular complexity index is 145. The highest BCUT2D eigenvalue weighted by molar-refractivity contribution is 5.25. The summed E-state index contributed by atoms with van der Waals surface area (Å²) in [5.41, 5.74) is 1.16. The van der Waals surface area contributed by atoms with Crippen LogP contribution in [-0.4, -0.2) is 13.1 Å². The molecule has 56 valence electrons. The van der Waals surface area contributed by atoms with Crippen molar-refractivity contribution < 1.29 is 0 Å². The number of likely N-dealkylation sites (N-methyl/N-ethyl adjacent to an activating group) is 1. The Morgan fingerprint density at radius 3 is 2.40 bits per heavy atom. The maximum Gasteiger partial charge on any atom is 0.0288 e. The van der Waals surface area contributed by atoms with E-state index in [1.54, 1.807) is 6.08 Å². The zero-order chi connectivity index (χ0) is 7.98. The lowest BCUT2D eigenvalue weighted by Gasteiger charge is -2.09. The van der Waals surface area contributed by atoms with Crippen LogP contribution in [0, 0.1) is 0 Å². The molecular formula is C9H15N. The number of allylic oxidation sites excluding steroid dienone is 2. The Morgan fingerprint density at radius 1 is 1.50 bits per heavy atom. The van der Waals surface area contributed by atoms with E-state index in [0.717, 1.165) is 5.57 Å². The summed E-state index contributed by atoms with van der Waals surface area (Å²) in [5, 5.41) is 3.11. The third-order valence-electron chi connectivity index (χ3n) is 1.48. The van der Waals surface area contributed by atoms with Gasteiger partial charge in [-0.1, -0.05) is 31.4 Å². The molecule has 0 aromatic rings. The molecular weight excluding hydrogens is 122 g/mol. The zero-order valence-corrected chi connectivity index (χ0v) is 6.72. The average Bonchev–Trinajstić information content (AvgIpc) is 1.99. The van der Waals surface area contributed by atoms with Crippen molar-refractivity contribution in [1.29, 1.82) is 0 Å². The summed E-state index contributed by atoms with van der Waals surface area (Å²) in [6, 6.07) is 0.357. The molecule has 0 heterocycles. The molecule has 0 amide bonds. The van der Waals surface area contributed by atoms with E-state index in [1.165, 1.54) is 0 Å². The molecule has 1 unspecified atom stereocenters. The quantitative estimate of drug-likeness (QED) is 0.583. The summed E-state index contributed by atoms with van der Waals surface area (Å²) in [5.74, 6) is 0. The van der Waals surface area contributed by atoms with Gasteiger partial charge in [-0.3, -0.25) is 0 Å². The van der Waals surface area contributed by atoms with Crippen molar-refractivity contribution >= 4 is 0 Å². The van der Waals surface area contributed by atoms with E-state index in [-0.39, 0.29) is 0 Å². The summed E-state index contributed by atoms with van der Waals surface area (Å²) in [7, 11) is 1.92. The fraction of sp³-hybridized carbons (Fsp3) is 0.333. The van der Waals surface area contributed by atoms with Crippen LogP contribution in [0.25, 0.3) is 0 Å². The van der Waals surface area contributed by atoms with Gasteiger partial charge in [-0.25, -0.2) is 0 Å². The third kappa shape index (κ3) is 2.65. The minimum Gasteiger partial charge on any atom is -0.313 e. The van der Waals surface area contributed by atoms with Crippen LogP contribution in [-0.2, 0) is 0 Å². The number of nitrogens with one attached hydrogen (secondary N) is 1. The van der Waals surface area contributed by atoms with E-state index in [0.29, 0.717) is 6.04 Å². The highest BCUT2D eigenvalue weighted by Gasteiger charge is 1.98. The first kappa shape index (κ1) is 9.18. The monoisotopic (exact) mass is 137 g/mol. The van der Waals surface area contributed by atoms with Gasteiger partial charge >= 0.3 is 0 Å². The standard InChI is InChI=1S/C9H15N/c1-5-7-9(6-2)8(3)10-4/h5-8,10H,1-2H2,3-4H3/b9-7-. The predicted molar refractivity (Wildman–Crippen MR) is 47.0 cm³/mol. The molecule has 1 nitrogen and oxygen atoms in total. The lowest BCUT2D eigenvalue weighted by atomic mass is 10.1. The van der Waals surface area contributed by atoms with Crippen molar-refractivity contribution in [3.63, 3.8) is 0 Å². The second-order valence-electron chi connectivity index (χ2n) is 2.12. The number of rotatable bonds is 4. The summed E-state index contributed by atoms with van der Waals surface area (Å²) in [6.07, 6.45) is 5.56. The first-order valence-electron chi connectivity index (χ1n) is 3.38. The zero-order valence-electron chi connectivity index (χ0n) is 6.72. The molecule has 0 saturated carbocycles. The van der Waals surface area contributed by atoms with Crippen molar-refractivity contribution in [3.05, 3.63) is 37.0 Å². The van der Waals surface area contributed by atoms with Crippen LogP contribution in [0.15, 0.2) is 37.0 Å². The summed E-state index contributed by atoms with van der Waals surface area (Å²) < 4.78 is 0. The number of hydrogen-bond donors (Lipinski definition) is 1. The summed E-state index contributed by atoms with van der Waals surface area (Å²) >= 11 is 0. The maximum absolute atomic E-state index is 3.69. The van der Waals surface area contributed by atoms with E-state index < -0.39 is 0 Å². The molecule has 0 saturated heterocycles. The molecule has 0 aliphatic rings. The van der Waals surface area contributed by atoms with Gasteiger partial charge in [0, 0.05) is 6.04 Å². The van der Waals surface area contributed by atoms with Crippen LogP contribution >= 0.6 is 0 Å². The van der Waals surface area contributed by atoms with Crippen LogP contribution in [0.2, 0.25) is 0 Å². The van der Waals surface area contributed by atoms with Crippen LogP contribution in [0.4, 0.5) is 0 Å². The normalized spacial score (nSPS) is 14.4. The van der Waals surface area contributed by atoms with Crippen LogP contribution in [0.5, 0.6) is 0 Å². The minimum absolute atomic E-state index is 0.357. The fourth-order valence-electron chi connectivity index (χ4n) is 0.692. The molecule has 0 aliphatic carbocycles. The van der Waals surface area contributed by atoms with E-state index in [9.17, 15) is 0 Å². The van der Waals surface area contributed by atoms with Crippen molar-refractivity contribution in [2.45, 2.75) is 13.0 Å². The van der Waals surface area contributed by atoms with E-state index in [2.05, 4.69) is 25.4 Å². The summed E-state index contributed by atoms with van der Waals surface area (Å²) in [6.45, 7) is 9.39. The van der Waals surface area contributed by atoms with Crippen molar-refractivity contribution in [2.24, 2.45) is 0 Å². The Balaban J connectivity index is 4.18. The Kier molecular flexibility index (Phi) is 4.59. The SMILES string of the molecule is C=C/C=C(/C=C)C(C)NC. The van der Waals surface area contributed by atoms with Crippen molar-refractivity contribution in [3.8, 4) is 0 Å². The second-order valence-corrected chi connectivity index (χ2v) is 2.12. The van der Waals surface area contributed by atoms with E-state index in [4.69, 9.17) is 0 Å². The lowest BCUT2D eigenvalue weighted by Crippen LogP contribution is -2.22. The molecule has 1 N–H and O–H groups in total. The second kappa shape index (κ2) is 5.00. The number of hydrogen-bond acceptors (Lipinski definition) is 1. The van der Waals surface area contributed by atoms with Crippen molar-refractivity contribution in [2.75, 3.05) is 7.05 Å². The molecule has 0 aromatic heterocycles. The molecule has 0 aromatic carbocycles. The van der Waals surface area contributed by atoms with E-state index in [1.807, 2.05) is 19.2 Å². The summed E-state index contributed by atoms with van der Waals surface area (Å²) in [4.78, 5) is 0. The first-order valence-corrected chi connectivity index (χ1v) is 3.38. The fourth-order valence-corrected chi connectivity index (χ4v) is 0.692. The smallest absolute Gasteiger partial charge is 0.0288 e. The van der Waals surface area contributed by atoms with Gasteiger partial charge in [-0.15, -0.1) is 0 Å². The highest BCUT2D eigenvalue weighted by atomic mass is 14.9. The van der Waals surface area contributed by atoms with Gasteiger partial charge in [0.2, 0.25) is 0 Å². The maximum atomic E-state index is 3.69. The highest BCUT2D eigenvalue weighted by Crippen LogP contribution is 2.01. The molecule has 1 heteroatoms. The molecule has 0 fully saturated rings. The van der Waals surface area contributed by atoms with Gasteiger partial charge in [0.25, 0.3) is 0 Å². The Labute approximate surface area is 63.1 Å². The van der Waals surface area contributed by atoms with Gasteiger partial charge < -0.3 is 5.32 Å². The Hall–Kier alpha value is -0.820. The molecule has 10 heavy (non-hydrogen) atoms. The molecule has 0 bridgehead atoms. The molecule has 0 spiro atoms. The first-order chi connectivity index (χ1) is 4.76. The topological polar surface area (TPSA) is 12.0 Å². The third-order valence-corrected chi connectivity index (χ3v) is 1.48. The largest absolute Gasteiger partial charge is 0.313 e. The lowest BCUT2D eigenvalue weighted by molar-refractivity contribution is 0.706. The van der Waals surface area contributed by atoms with Gasteiger partial charge in [-0.2, -0.15) is 0 Å². The molecule has 1 atom stereocenters. The Morgan fingerprint density at radius 2 is 2.10 bits per heavy atom. The minimum atomic E-state index is 0.357. The molecule has 0 aliphatic heterocycles.